The lowest BCUT2D eigenvalue weighted by molar-refractivity contribution is -0.120. The molecule has 4 nitrogen and oxygen atoms in total. The van der Waals surface area contributed by atoms with Gasteiger partial charge in [0, 0.05) is 12.4 Å². The number of alkyl halides is 1. The highest BCUT2D eigenvalue weighted by Crippen LogP contribution is 2.32. The molecule has 5 heteroatoms. The summed E-state index contributed by atoms with van der Waals surface area (Å²) in [5.74, 6) is 1.99. The number of hydrogen-bond acceptors (Lipinski definition) is 3. The third kappa shape index (κ3) is 3.27. The molecule has 0 saturated heterocycles. The molecule has 1 amide bonds. The third-order valence-electron chi connectivity index (χ3n) is 2.43. The highest BCUT2D eigenvalue weighted by atomic mass is 35.5. The summed E-state index contributed by atoms with van der Waals surface area (Å²) >= 11 is 5.53. The lowest BCUT2D eigenvalue weighted by Gasteiger charge is -2.04. The predicted molar refractivity (Wildman–Crippen MR) is 64.6 cm³/mol. The van der Waals surface area contributed by atoms with Crippen molar-refractivity contribution >= 4 is 17.5 Å². The Morgan fingerprint density at radius 1 is 1.35 bits per heavy atom. The van der Waals surface area contributed by atoms with Gasteiger partial charge in [0.15, 0.2) is 11.5 Å². The molecule has 0 unspecified atom stereocenters. The van der Waals surface area contributed by atoms with E-state index in [1.807, 2.05) is 18.2 Å². The minimum Gasteiger partial charge on any atom is -0.454 e. The summed E-state index contributed by atoms with van der Waals surface area (Å²) < 4.78 is 10.4. The summed E-state index contributed by atoms with van der Waals surface area (Å²) in [5.41, 5.74) is 0.914. The van der Waals surface area contributed by atoms with Gasteiger partial charge in [-0.05, 0) is 24.1 Å². The van der Waals surface area contributed by atoms with E-state index in [0.717, 1.165) is 17.7 Å². The monoisotopic (exact) mass is 255 g/mol. The second-order valence-corrected chi connectivity index (χ2v) is 4.13. The number of carbonyl (C=O) groups excluding carboxylic acids is 1. The number of fused-ring (bicyclic) bond motifs is 1. The van der Waals surface area contributed by atoms with Crippen molar-refractivity contribution in [3.05, 3.63) is 23.8 Å². The molecule has 0 atom stereocenters. The van der Waals surface area contributed by atoms with E-state index in [1.54, 1.807) is 0 Å². The van der Waals surface area contributed by atoms with Crippen LogP contribution in [-0.2, 0) is 11.2 Å². The smallest absolute Gasteiger partial charge is 0.231 e. The predicted octanol–water partition coefficient (Wildman–Crippen LogP) is 1.70. The molecule has 0 aliphatic carbocycles. The number of rotatable bonds is 5. The van der Waals surface area contributed by atoms with Gasteiger partial charge in [0.1, 0.15) is 0 Å². The maximum atomic E-state index is 11.6. The summed E-state index contributed by atoms with van der Waals surface area (Å²) in [4.78, 5) is 11.6. The van der Waals surface area contributed by atoms with Gasteiger partial charge in [-0.25, -0.2) is 0 Å². The summed E-state index contributed by atoms with van der Waals surface area (Å²) in [5, 5.41) is 2.80. The summed E-state index contributed by atoms with van der Waals surface area (Å²) in [6.45, 7) is 0.869. The minimum absolute atomic E-state index is 0.00557. The van der Waals surface area contributed by atoms with Crippen molar-refractivity contribution in [3.63, 3.8) is 0 Å². The van der Waals surface area contributed by atoms with Crippen molar-refractivity contribution in [2.75, 3.05) is 19.2 Å². The molecule has 1 N–H and O–H groups in total. The zero-order chi connectivity index (χ0) is 12.1. The molecule has 0 aromatic heterocycles. The molecule has 0 bridgehead atoms. The SMILES string of the molecule is O=C(Cc1ccc2c(c1)OCO2)NCCCCl. The first-order chi connectivity index (χ1) is 8.29. The average Bonchev–Trinajstić information content (AvgIpc) is 2.76. The first kappa shape index (κ1) is 12.0. The highest BCUT2D eigenvalue weighted by molar-refractivity contribution is 6.17. The van der Waals surface area contributed by atoms with E-state index in [4.69, 9.17) is 21.1 Å². The van der Waals surface area contributed by atoms with Crippen LogP contribution in [-0.4, -0.2) is 25.1 Å². The van der Waals surface area contributed by atoms with E-state index in [1.165, 1.54) is 0 Å². The van der Waals surface area contributed by atoms with Crippen LogP contribution in [0.4, 0.5) is 0 Å². The fourth-order valence-corrected chi connectivity index (χ4v) is 1.73. The van der Waals surface area contributed by atoms with Crippen LogP contribution >= 0.6 is 11.6 Å². The summed E-state index contributed by atoms with van der Waals surface area (Å²) in [6, 6.07) is 5.53. The Labute approximate surface area is 105 Å². The zero-order valence-electron chi connectivity index (χ0n) is 9.37. The van der Waals surface area contributed by atoms with Crippen molar-refractivity contribution in [2.45, 2.75) is 12.8 Å². The van der Waals surface area contributed by atoms with Crippen molar-refractivity contribution in [1.29, 1.82) is 0 Å². The van der Waals surface area contributed by atoms with E-state index in [9.17, 15) is 4.79 Å². The standard InChI is InChI=1S/C12H14ClNO3/c13-4-1-5-14-12(15)7-9-2-3-10-11(6-9)17-8-16-10/h2-3,6H,1,4-5,7-8H2,(H,14,15). The molecule has 2 rings (SSSR count). The molecule has 0 saturated carbocycles. The van der Waals surface area contributed by atoms with Gasteiger partial charge < -0.3 is 14.8 Å². The maximum Gasteiger partial charge on any atom is 0.231 e. The van der Waals surface area contributed by atoms with Crippen LogP contribution in [0, 0.1) is 0 Å². The number of ether oxygens (including phenoxy) is 2. The van der Waals surface area contributed by atoms with E-state index in [0.29, 0.717) is 24.6 Å². The van der Waals surface area contributed by atoms with E-state index >= 15 is 0 Å². The molecule has 0 radical (unpaired) electrons. The van der Waals surface area contributed by atoms with Gasteiger partial charge in [-0.15, -0.1) is 11.6 Å². The molecular formula is C12H14ClNO3. The molecule has 1 aliphatic rings. The van der Waals surface area contributed by atoms with Crippen LogP contribution in [0.15, 0.2) is 18.2 Å². The van der Waals surface area contributed by atoms with Crippen LogP contribution in [0.2, 0.25) is 0 Å². The molecule has 1 aliphatic heterocycles. The maximum absolute atomic E-state index is 11.6. The number of nitrogens with one attached hydrogen (secondary N) is 1. The van der Waals surface area contributed by atoms with Crippen molar-refractivity contribution < 1.29 is 14.3 Å². The quantitative estimate of drug-likeness (QED) is 0.644. The lowest BCUT2D eigenvalue weighted by atomic mass is 10.1. The summed E-state index contributed by atoms with van der Waals surface area (Å²) in [7, 11) is 0. The summed E-state index contributed by atoms with van der Waals surface area (Å²) in [6.07, 6.45) is 1.13. The average molecular weight is 256 g/mol. The van der Waals surface area contributed by atoms with Crippen LogP contribution in [0.5, 0.6) is 11.5 Å². The fraction of sp³-hybridized carbons (Fsp3) is 0.417. The Hall–Kier alpha value is -1.42. The normalized spacial score (nSPS) is 12.5. The van der Waals surface area contributed by atoms with Crippen molar-refractivity contribution in [3.8, 4) is 11.5 Å². The lowest BCUT2D eigenvalue weighted by Crippen LogP contribution is -2.26. The molecular weight excluding hydrogens is 242 g/mol. The van der Waals surface area contributed by atoms with Gasteiger partial charge in [0.05, 0.1) is 6.42 Å². The number of hydrogen-bond donors (Lipinski definition) is 1. The molecule has 92 valence electrons. The topological polar surface area (TPSA) is 47.6 Å². The number of halogens is 1. The fourth-order valence-electron chi connectivity index (χ4n) is 1.59. The van der Waals surface area contributed by atoms with Gasteiger partial charge >= 0.3 is 0 Å². The van der Waals surface area contributed by atoms with Gasteiger partial charge in [0.25, 0.3) is 0 Å². The number of amides is 1. The first-order valence-electron chi connectivity index (χ1n) is 5.51. The number of benzene rings is 1. The van der Waals surface area contributed by atoms with Gasteiger partial charge in [0.2, 0.25) is 12.7 Å². The largest absolute Gasteiger partial charge is 0.454 e. The molecule has 1 aromatic carbocycles. The van der Waals surface area contributed by atoms with Crippen LogP contribution < -0.4 is 14.8 Å². The Kier molecular flexibility index (Phi) is 4.09. The Bertz CT molecular complexity index is 409. The first-order valence-corrected chi connectivity index (χ1v) is 6.04. The van der Waals surface area contributed by atoms with Gasteiger partial charge in [-0.3, -0.25) is 4.79 Å². The molecule has 1 heterocycles. The zero-order valence-corrected chi connectivity index (χ0v) is 10.1. The number of carbonyl (C=O) groups is 1. The molecule has 0 spiro atoms. The van der Waals surface area contributed by atoms with Gasteiger partial charge in [-0.1, -0.05) is 6.07 Å². The molecule has 0 fully saturated rings. The Morgan fingerprint density at radius 2 is 2.18 bits per heavy atom. The Balaban J connectivity index is 1.88. The highest BCUT2D eigenvalue weighted by Gasteiger charge is 2.14. The van der Waals surface area contributed by atoms with Crippen molar-refractivity contribution in [2.24, 2.45) is 0 Å². The second-order valence-electron chi connectivity index (χ2n) is 3.76. The minimum atomic E-state index is -0.00557. The van der Waals surface area contributed by atoms with E-state index in [-0.39, 0.29) is 12.7 Å². The Morgan fingerprint density at radius 3 is 3.00 bits per heavy atom. The van der Waals surface area contributed by atoms with Crippen LogP contribution in [0.3, 0.4) is 0 Å². The van der Waals surface area contributed by atoms with Crippen molar-refractivity contribution in [1.82, 2.24) is 5.32 Å². The van der Waals surface area contributed by atoms with E-state index in [2.05, 4.69) is 5.32 Å². The van der Waals surface area contributed by atoms with Crippen LogP contribution in [0.1, 0.15) is 12.0 Å². The molecule has 17 heavy (non-hydrogen) atoms. The second kappa shape index (κ2) is 5.77. The van der Waals surface area contributed by atoms with E-state index < -0.39 is 0 Å². The van der Waals surface area contributed by atoms with Crippen LogP contribution in [0.25, 0.3) is 0 Å². The van der Waals surface area contributed by atoms with Gasteiger partial charge in [-0.2, -0.15) is 0 Å². The molecule has 1 aromatic rings. The third-order valence-corrected chi connectivity index (χ3v) is 2.70.